The minimum atomic E-state index is -0.356. The van der Waals surface area contributed by atoms with Gasteiger partial charge in [-0.3, -0.25) is 9.69 Å². The second-order valence-corrected chi connectivity index (χ2v) is 6.29. The summed E-state index contributed by atoms with van der Waals surface area (Å²) in [5, 5.41) is 9.87. The van der Waals surface area contributed by atoms with E-state index in [-0.39, 0.29) is 17.5 Å². The van der Waals surface area contributed by atoms with E-state index in [9.17, 15) is 14.3 Å². The predicted molar refractivity (Wildman–Crippen MR) is 99.1 cm³/mol. The molecular formula is C19H15FN2O2S. The Morgan fingerprint density at radius 2 is 2.00 bits per heavy atom. The van der Waals surface area contributed by atoms with Gasteiger partial charge in [-0.05, 0) is 59.8 Å². The van der Waals surface area contributed by atoms with Crippen LogP contribution in [0.4, 0.5) is 10.1 Å². The lowest BCUT2D eigenvalue weighted by atomic mass is 10.2. The van der Waals surface area contributed by atoms with Crippen LogP contribution in [0.15, 0.2) is 71.1 Å². The Morgan fingerprint density at radius 3 is 2.68 bits per heavy atom. The van der Waals surface area contributed by atoms with Gasteiger partial charge < -0.3 is 5.11 Å². The van der Waals surface area contributed by atoms with Crippen molar-refractivity contribution in [2.45, 2.75) is 0 Å². The lowest BCUT2D eigenvalue weighted by Crippen LogP contribution is -2.29. The van der Waals surface area contributed by atoms with E-state index >= 15 is 0 Å². The third-order valence-corrected chi connectivity index (χ3v) is 4.43. The Labute approximate surface area is 149 Å². The Bertz CT molecular complexity index is 875. The minimum absolute atomic E-state index is 0.147. The van der Waals surface area contributed by atoms with Crippen molar-refractivity contribution in [3.8, 4) is 5.75 Å². The second kappa shape index (κ2) is 7.36. The highest BCUT2D eigenvalue weighted by molar-refractivity contribution is 8.18. The summed E-state index contributed by atoms with van der Waals surface area (Å²) < 4.78 is 13.3. The molecule has 0 spiro atoms. The van der Waals surface area contributed by atoms with Gasteiger partial charge in [-0.1, -0.05) is 18.2 Å². The summed E-state index contributed by atoms with van der Waals surface area (Å²) >= 11 is 1.22. The molecule has 25 heavy (non-hydrogen) atoms. The maximum atomic E-state index is 13.3. The maximum Gasteiger partial charge on any atom is 0.267 e. The van der Waals surface area contributed by atoms with Crippen molar-refractivity contribution in [1.82, 2.24) is 4.90 Å². The molecule has 0 bridgehead atoms. The number of amidine groups is 1. The van der Waals surface area contributed by atoms with Crippen molar-refractivity contribution in [2.24, 2.45) is 4.99 Å². The molecule has 2 aromatic carbocycles. The van der Waals surface area contributed by atoms with Crippen LogP contribution in [0.5, 0.6) is 5.75 Å². The summed E-state index contributed by atoms with van der Waals surface area (Å²) in [6.07, 6.45) is 3.27. The lowest BCUT2D eigenvalue weighted by molar-refractivity contribution is -0.121. The van der Waals surface area contributed by atoms with Crippen molar-refractivity contribution in [3.63, 3.8) is 0 Å². The zero-order chi connectivity index (χ0) is 17.8. The predicted octanol–water partition coefficient (Wildman–Crippen LogP) is 4.32. The molecule has 3 rings (SSSR count). The molecule has 0 unspecified atom stereocenters. The number of hydrogen-bond acceptors (Lipinski definition) is 4. The van der Waals surface area contributed by atoms with Crippen molar-refractivity contribution >= 4 is 34.6 Å². The van der Waals surface area contributed by atoms with E-state index < -0.39 is 0 Å². The van der Waals surface area contributed by atoms with Gasteiger partial charge >= 0.3 is 0 Å². The first-order valence-electron chi connectivity index (χ1n) is 7.52. The number of aromatic hydroxyl groups is 1. The van der Waals surface area contributed by atoms with Gasteiger partial charge in [-0.15, -0.1) is 6.58 Å². The number of aliphatic imine (C=N–C) groups is 1. The van der Waals surface area contributed by atoms with E-state index in [0.29, 0.717) is 27.9 Å². The summed E-state index contributed by atoms with van der Waals surface area (Å²) in [7, 11) is 0. The van der Waals surface area contributed by atoms with Crippen LogP contribution in [0.25, 0.3) is 6.08 Å². The number of benzene rings is 2. The fourth-order valence-corrected chi connectivity index (χ4v) is 3.27. The van der Waals surface area contributed by atoms with E-state index in [2.05, 4.69) is 11.6 Å². The Kier molecular flexibility index (Phi) is 5.00. The van der Waals surface area contributed by atoms with Gasteiger partial charge in [0.25, 0.3) is 5.91 Å². The number of nitrogens with zero attached hydrogens (tertiary/aromatic N) is 2. The van der Waals surface area contributed by atoms with Crippen molar-refractivity contribution in [2.75, 3.05) is 6.54 Å². The molecule has 1 heterocycles. The molecule has 0 saturated carbocycles. The van der Waals surface area contributed by atoms with Gasteiger partial charge in [0, 0.05) is 6.54 Å². The number of amides is 1. The Hall–Kier alpha value is -2.86. The first kappa shape index (κ1) is 17.0. The SMILES string of the molecule is C=CCN1C(=O)/C(=C/c2cccc(F)c2)SC1=Nc1ccc(O)cc1. The third-order valence-electron chi connectivity index (χ3n) is 3.42. The average Bonchev–Trinajstić information content (AvgIpc) is 2.86. The fourth-order valence-electron chi connectivity index (χ4n) is 2.27. The highest BCUT2D eigenvalue weighted by Gasteiger charge is 2.32. The average molecular weight is 354 g/mol. The van der Waals surface area contributed by atoms with Gasteiger partial charge in [0.05, 0.1) is 10.6 Å². The monoisotopic (exact) mass is 354 g/mol. The number of rotatable bonds is 4. The topological polar surface area (TPSA) is 52.9 Å². The van der Waals surface area contributed by atoms with Crippen LogP contribution in [0, 0.1) is 5.82 Å². The van der Waals surface area contributed by atoms with Crippen LogP contribution in [0.2, 0.25) is 0 Å². The van der Waals surface area contributed by atoms with Gasteiger partial charge in [0.1, 0.15) is 11.6 Å². The summed E-state index contributed by atoms with van der Waals surface area (Å²) in [6.45, 7) is 3.99. The third kappa shape index (κ3) is 3.97. The van der Waals surface area contributed by atoms with Crippen LogP contribution in [0.3, 0.4) is 0 Å². The van der Waals surface area contributed by atoms with Gasteiger partial charge in [-0.25, -0.2) is 9.38 Å². The molecule has 6 heteroatoms. The maximum absolute atomic E-state index is 13.3. The van der Waals surface area contributed by atoms with Crippen molar-refractivity contribution in [1.29, 1.82) is 0 Å². The molecular weight excluding hydrogens is 339 g/mol. The number of halogens is 1. The first-order valence-corrected chi connectivity index (χ1v) is 8.34. The summed E-state index contributed by atoms with van der Waals surface area (Å²) in [5.74, 6) is -0.411. The van der Waals surface area contributed by atoms with E-state index in [1.807, 2.05) is 0 Å². The molecule has 2 aromatic rings. The molecule has 1 saturated heterocycles. The van der Waals surface area contributed by atoms with Crippen LogP contribution in [-0.2, 0) is 4.79 Å². The zero-order valence-electron chi connectivity index (χ0n) is 13.2. The fraction of sp³-hybridized carbons (Fsp3) is 0.0526. The molecule has 1 N–H and O–H groups in total. The standard InChI is InChI=1S/C19H15FN2O2S/c1-2-10-22-18(24)17(12-13-4-3-5-14(20)11-13)25-19(22)21-15-6-8-16(23)9-7-15/h2-9,11-12,23H,1,10H2/b17-12-,21-19?. The molecule has 0 radical (unpaired) electrons. The summed E-state index contributed by atoms with van der Waals surface area (Å²) in [6, 6.07) is 12.4. The molecule has 0 atom stereocenters. The van der Waals surface area contributed by atoms with E-state index in [1.54, 1.807) is 36.4 Å². The van der Waals surface area contributed by atoms with Crippen molar-refractivity contribution < 1.29 is 14.3 Å². The summed E-state index contributed by atoms with van der Waals surface area (Å²) in [5.41, 5.74) is 1.23. The molecule has 4 nitrogen and oxygen atoms in total. The first-order chi connectivity index (χ1) is 12.1. The molecule has 1 amide bonds. The number of carbonyl (C=O) groups excluding carboxylic acids is 1. The number of phenols is 1. The number of thioether (sulfide) groups is 1. The van der Waals surface area contributed by atoms with Gasteiger partial charge in [-0.2, -0.15) is 0 Å². The van der Waals surface area contributed by atoms with E-state index in [4.69, 9.17) is 0 Å². The van der Waals surface area contributed by atoms with Gasteiger partial charge in [0.2, 0.25) is 0 Å². The van der Waals surface area contributed by atoms with E-state index in [0.717, 1.165) is 0 Å². The minimum Gasteiger partial charge on any atom is -0.508 e. The van der Waals surface area contributed by atoms with Crippen LogP contribution < -0.4 is 0 Å². The molecule has 1 fully saturated rings. The zero-order valence-corrected chi connectivity index (χ0v) is 14.0. The van der Waals surface area contributed by atoms with Crippen molar-refractivity contribution in [3.05, 3.63) is 77.5 Å². The smallest absolute Gasteiger partial charge is 0.267 e. The lowest BCUT2D eigenvalue weighted by Gasteiger charge is -2.12. The Balaban J connectivity index is 1.94. The number of phenolic OH excluding ortho intramolecular Hbond substituents is 1. The highest BCUT2D eigenvalue weighted by atomic mass is 32.2. The molecule has 1 aliphatic rings. The second-order valence-electron chi connectivity index (χ2n) is 5.28. The Morgan fingerprint density at radius 1 is 1.24 bits per heavy atom. The molecule has 1 aliphatic heterocycles. The summed E-state index contributed by atoms with van der Waals surface area (Å²) in [4.78, 5) is 19.1. The van der Waals surface area contributed by atoms with Gasteiger partial charge in [0.15, 0.2) is 5.17 Å². The normalized spacial score (nSPS) is 17.5. The highest BCUT2D eigenvalue weighted by Crippen LogP contribution is 2.34. The number of carbonyl (C=O) groups is 1. The molecule has 0 aliphatic carbocycles. The van der Waals surface area contributed by atoms with Crippen LogP contribution >= 0.6 is 11.8 Å². The van der Waals surface area contributed by atoms with Crippen LogP contribution in [-0.4, -0.2) is 27.6 Å². The molecule has 126 valence electrons. The van der Waals surface area contributed by atoms with Crippen LogP contribution in [0.1, 0.15) is 5.56 Å². The quantitative estimate of drug-likeness (QED) is 0.657. The largest absolute Gasteiger partial charge is 0.508 e. The van der Waals surface area contributed by atoms with E-state index in [1.165, 1.54) is 40.9 Å². The number of hydrogen-bond donors (Lipinski definition) is 1. The molecule has 0 aromatic heterocycles.